The van der Waals surface area contributed by atoms with Gasteiger partial charge in [0.2, 0.25) is 0 Å². The summed E-state index contributed by atoms with van der Waals surface area (Å²) in [5.41, 5.74) is 2.21. The van der Waals surface area contributed by atoms with Crippen LogP contribution in [0.5, 0.6) is 0 Å². The quantitative estimate of drug-likeness (QED) is 0.189. The van der Waals surface area contributed by atoms with Gasteiger partial charge in [-0.2, -0.15) is 0 Å². The van der Waals surface area contributed by atoms with Crippen LogP contribution in [0.2, 0.25) is 0 Å². The molecule has 0 aromatic heterocycles. The van der Waals surface area contributed by atoms with Crippen molar-refractivity contribution in [2.24, 2.45) is 9.98 Å². The summed E-state index contributed by atoms with van der Waals surface area (Å²) in [5, 5.41) is 28.8. The summed E-state index contributed by atoms with van der Waals surface area (Å²) in [6.45, 7) is 8.38. The van der Waals surface area contributed by atoms with Crippen LogP contribution in [0, 0.1) is 0 Å². The molecule has 10 heteroatoms. The summed E-state index contributed by atoms with van der Waals surface area (Å²) in [5.74, 6) is -1.71. The van der Waals surface area contributed by atoms with E-state index in [9.17, 15) is 19.8 Å². The SMILES string of the molecule is CC[C@@H](NC(=O)OC(C)(C)C)[C@H](N=C(c1ccccc1)c1ccccc1N=C([O-])[C@@H]1CCCN1Cc1ccccc1)C(=O)[O-].[Ni+2]. The average molecular weight is 655 g/mol. The molecule has 1 fully saturated rings. The van der Waals surface area contributed by atoms with Crippen molar-refractivity contribution in [3.05, 3.63) is 102 Å². The minimum atomic E-state index is -1.45. The van der Waals surface area contributed by atoms with E-state index in [0.717, 1.165) is 18.5 Å². The van der Waals surface area contributed by atoms with Crippen LogP contribution in [0.1, 0.15) is 63.6 Å². The van der Waals surface area contributed by atoms with Gasteiger partial charge >= 0.3 is 22.6 Å². The Bertz CT molecular complexity index is 1470. The molecule has 45 heavy (non-hydrogen) atoms. The molecule has 1 amide bonds. The number of ether oxygens (including phenoxy) is 1. The molecule has 0 radical (unpaired) electrons. The van der Waals surface area contributed by atoms with Crippen molar-refractivity contribution in [3.8, 4) is 0 Å². The van der Waals surface area contributed by atoms with Crippen molar-refractivity contribution in [2.45, 2.75) is 77.2 Å². The van der Waals surface area contributed by atoms with Crippen LogP contribution in [0.25, 0.3) is 0 Å². The third-order valence-corrected chi connectivity index (χ3v) is 7.35. The molecule has 0 bridgehead atoms. The molecule has 1 heterocycles. The van der Waals surface area contributed by atoms with E-state index in [-0.39, 0.29) is 34.9 Å². The van der Waals surface area contributed by atoms with Gasteiger partial charge in [-0.05, 0) is 64.1 Å². The molecule has 0 aliphatic carbocycles. The summed E-state index contributed by atoms with van der Waals surface area (Å²) in [6.07, 6.45) is 1.11. The number of alkyl carbamates (subject to hydrolysis) is 1. The summed E-state index contributed by atoms with van der Waals surface area (Å²) in [6, 6.07) is 23.5. The normalized spacial score (nSPS) is 17.2. The number of likely N-dealkylation sites (tertiary alicyclic amines) is 1. The Kier molecular flexibility index (Phi) is 12.9. The number of para-hydroxylation sites is 1. The van der Waals surface area contributed by atoms with Gasteiger partial charge in [-0.3, -0.25) is 14.9 Å². The smallest absolute Gasteiger partial charge is 0.861 e. The summed E-state index contributed by atoms with van der Waals surface area (Å²) < 4.78 is 5.36. The first-order valence-electron chi connectivity index (χ1n) is 15.0. The maximum atomic E-state index is 13.6. The van der Waals surface area contributed by atoms with Crippen LogP contribution in [0.4, 0.5) is 10.5 Å². The van der Waals surface area contributed by atoms with Gasteiger partial charge in [0.15, 0.2) is 0 Å². The maximum absolute atomic E-state index is 13.6. The monoisotopic (exact) mass is 654 g/mol. The Morgan fingerprint density at radius 1 is 0.978 bits per heavy atom. The van der Waals surface area contributed by atoms with Crippen molar-refractivity contribution in [1.82, 2.24) is 10.2 Å². The molecule has 1 N–H and O–H groups in total. The Hall–Kier alpha value is -4.01. The molecule has 0 unspecified atom stereocenters. The number of carboxylic acids is 1. The van der Waals surface area contributed by atoms with Crippen LogP contribution in [0.15, 0.2) is 94.9 Å². The van der Waals surface area contributed by atoms with Gasteiger partial charge < -0.3 is 25.1 Å². The zero-order valence-corrected chi connectivity index (χ0v) is 27.0. The third-order valence-electron chi connectivity index (χ3n) is 7.35. The summed E-state index contributed by atoms with van der Waals surface area (Å²) in [7, 11) is 0. The number of hydrogen-bond acceptors (Lipinski definition) is 8. The van der Waals surface area contributed by atoms with Gasteiger partial charge in [-0.1, -0.05) is 85.8 Å². The number of nitrogens with zero attached hydrogens (tertiary/aromatic N) is 3. The first kappa shape index (κ1) is 35.5. The number of rotatable bonds is 11. The van der Waals surface area contributed by atoms with Crippen molar-refractivity contribution in [2.75, 3.05) is 6.54 Å². The number of nitrogens with one attached hydrogen (secondary N) is 1. The molecule has 3 aromatic carbocycles. The zero-order chi connectivity index (χ0) is 31.7. The number of carboxylic acid groups (broad SMARTS) is 1. The van der Waals surface area contributed by atoms with Gasteiger partial charge in [0.25, 0.3) is 0 Å². The number of carbonyl (C=O) groups is 2. The fourth-order valence-corrected chi connectivity index (χ4v) is 5.28. The van der Waals surface area contributed by atoms with Gasteiger partial charge in [-0.25, -0.2) is 4.79 Å². The van der Waals surface area contributed by atoms with Gasteiger partial charge in [0, 0.05) is 23.7 Å². The molecular weight excluding hydrogens is 615 g/mol. The topological polar surface area (TPSA) is 129 Å². The first-order chi connectivity index (χ1) is 21.1. The minimum absolute atomic E-state index is 0. The molecule has 3 aromatic rings. The van der Waals surface area contributed by atoms with Crippen LogP contribution in [0.3, 0.4) is 0 Å². The van der Waals surface area contributed by atoms with E-state index >= 15 is 0 Å². The Morgan fingerprint density at radius 3 is 2.22 bits per heavy atom. The van der Waals surface area contributed by atoms with Gasteiger partial charge in [0.05, 0.1) is 23.4 Å². The molecule has 0 spiro atoms. The van der Waals surface area contributed by atoms with E-state index in [1.807, 2.05) is 60.7 Å². The second-order valence-corrected chi connectivity index (χ2v) is 11.8. The molecule has 1 aliphatic heterocycles. The third kappa shape index (κ3) is 10.00. The van der Waals surface area contributed by atoms with Crippen LogP contribution in [-0.2, 0) is 32.6 Å². The van der Waals surface area contributed by atoms with E-state index < -0.39 is 29.7 Å². The number of hydrogen-bond donors (Lipinski definition) is 1. The number of amides is 1. The van der Waals surface area contributed by atoms with E-state index in [1.54, 1.807) is 52.0 Å². The Morgan fingerprint density at radius 2 is 1.60 bits per heavy atom. The van der Waals surface area contributed by atoms with Crippen LogP contribution >= 0.6 is 0 Å². The number of carbonyl (C=O) groups excluding carboxylic acids is 2. The van der Waals surface area contributed by atoms with Crippen molar-refractivity contribution in [3.63, 3.8) is 0 Å². The summed E-state index contributed by atoms with van der Waals surface area (Å²) >= 11 is 0. The van der Waals surface area contributed by atoms with E-state index in [1.165, 1.54) is 0 Å². The molecule has 1 saturated heterocycles. The maximum Gasteiger partial charge on any atom is 2.00 e. The predicted octanol–water partition coefficient (Wildman–Crippen LogP) is 4.00. The minimum Gasteiger partial charge on any atom is -0.861 e. The largest absolute Gasteiger partial charge is 2.00 e. The second kappa shape index (κ2) is 16.3. The molecule has 0 saturated carbocycles. The van der Waals surface area contributed by atoms with Crippen molar-refractivity contribution < 1.29 is 41.0 Å². The van der Waals surface area contributed by atoms with Crippen LogP contribution in [-0.4, -0.2) is 58.8 Å². The zero-order valence-electron chi connectivity index (χ0n) is 26.0. The fraction of sp³-hybridized carbons (Fsp3) is 0.371. The van der Waals surface area contributed by atoms with Crippen molar-refractivity contribution >= 4 is 29.4 Å². The van der Waals surface area contributed by atoms with E-state index in [4.69, 9.17) is 4.74 Å². The standard InChI is InChI=1S/C35H42N4O5.Ni/c1-5-27(37-34(43)44-35(2,3)4)31(33(41)42)38-30(25-17-10-7-11-18-25)26-19-12-13-20-28(26)36-32(40)29-21-14-22-39(29)23-24-15-8-6-9-16-24;/h6-13,15-20,27,29,31H,5,14,21-23H2,1-4H3,(H,36,40)(H,37,43)(H,41,42);/q;+2/p-2/t27-,29+,31+;/m1./s1. The molecule has 9 nitrogen and oxygen atoms in total. The molecular formula is C35H40N4NiO5. The number of aliphatic carboxylic acids is 1. The van der Waals surface area contributed by atoms with Crippen molar-refractivity contribution in [1.29, 1.82) is 0 Å². The van der Waals surface area contributed by atoms with Gasteiger partial charge in [0.1, 0.15) is 11.6 Å². The number of aliphatic imine (C=N–C) groups is 2. The average Bonchev–Trinajstić information content (AvgIpc) is 3.45. The predicted molar refractivity (Wildman–Crippen MR) is 168 cm³/mol. The Balaban J connectivity index is 0.00000552. The van der Waals surface area contributed by atoms with E-state index in [2.05, 4.69) is 20.2 Å². The van der Waals surface area contributed by atoms with E-state index in [0.29, 0.717) is 35.5 Å². The molecule has 4 rings (SSSR count). The molecule has 1 aliphatic rings. The molecule has 240 valence electrons. The fourth-order valence-electron chi connectivity index (χ4n) is 5.28. The number of benzene rings is 3. The second-order valence-electron chi connectivity index (χ2n) is 11.8. The Labute approximate surface area is 275 Å². The molecule has 3 atom stereocenters. The first-order valence-corrected chi connectivity index (χ1v) is 15.0. The van der Waals surface area contributed by atoms with Crippen LogP contribution < -0.4 is 15.5 Å². The van der Waals surface area contributed by atoms with Gasteiger partial charge in [-0.15, -0.1) is 0 Å². The summed E-state index contributed by atoms with van der Waals surface area (Å²) in [4.78, 5) is 36.5.